The van der Waals surface area contributed by atoms with E-state index in [1.165, 1.54) is 0 Å². The van der Waals surface area contributed by atoms with Crippen molar-refractivity contribution in [2.24, 2.45) is 0 Å². The molecule has 0 aromatic heterocycles. The molecule has 0 spiro atoms. The molecule has 0 aromatic carbocycles. The third-order valence-corrected chi connectivity index (χ3v) is 0.804. The molecule has 0 fully saturated rings. The number of ketones is 1. The molecular weight excluding hydrogens is 142 g/mol. The van der Waals surface area contributed by atoms with Gasteiger partial charge in [-0.2, -0.15) is 0 Å². The molecule has 0 aliphatic carbocycles. The van der Waals surface area contributed by atoms with Gasteiger partial charge in [-0.15, -0.1) is 0 Å². The third kappa shape index (κ3) is 3.59. The van der Waals surface area contributed by atoms with E-state index >= 15 is 0 Å². The standard InChI is InChI=1S/C5H6O5/c6-3(5(9)10)1-2-4(7)8/h1-2H2,(H,7,8)(H,9,10)/i2+1,4+1. The fourth-order valence-electron chi connectivity index (χ4n) is 0.327. The summed E-state index contributed by atoms with van der Waals surface area (Å²) in [7, 11) is 0. The maximum Gasteiger partial charge on any atom is 0.372 e. The van der Waals surface area contributed by atoms with Gasteiger partial charge in [-0.3, -0.25) is 9.59 Å². The molecule has 0 atom stereocenters. The van der Waals surface area contributed by atoms with Crippen LogP contribution in [0.1, 0.15) is 12.8 Å². The molecule has 2 N–H and O–H groups in total. The van der Waals surface area contributed by atoms with Crippen LogP contribution < -0.4 is 0 Å². The van der Waals surface area contributed by atoms with Crippen molar-refractivity contribution in [1.29, 1.82) is 0 Å². The molecule has 10 heavy (non-hydrogen) atoms. The Morgan fingerprint density at radius 3 is 1.80 bits per heavy atom. The number of carbonyl (C=O) groups excluding carboxylic acids is 1. The number of hydrogen-bond donors (Lipinski definition) is 2. The molecule has 0 radical (unpaired) electrons. The SMILES string of the molecule is O=C(O)C(=O)C[13CH2][13C](=O)O. The van der Waals surface area contributed by atoms with Crippen LogP contribution >= 0.6 is 0 Å². The molecule has 0 aliphatic rings. The largest absolute Gasteiger partial charge is 0.481 e. The van der Waals surface area contributed by atoms with E-state index in [0.717, 1.165) is 0 Å². The number of carboxylic acids is 2. The molecule has 0 amide bonds. The van der Waals surface area contributed by atoms with Crippen molar-refractivity contribution < 1.29 is 24.6 Å². The monoisotopic (exact) mass is 148 g/mol. The smallest absolute Gasteiger partial charge is 0.372 e. The molecular formula is C5H6O5. The van der Waals surface area contributed by atoms with Crippen molar-refractivity contribution in [3.63, 3.8) is 0 Å². The Morgan fingerprint density at radius 2 is 1.50 bits per heavy atom. The molecule has 0 unspecified atom stereocenters. The van der Waals surface area contributed by atoms with E-state index in [2.05, 4.69) is 0 Å². The molecule has 5 heteroatoms. The van der Waals surface area contributed by atoms with Crippen LogP contribution in [0.5, 0.6) is 0 Å². The summed E-state index contributed by atoms with van der Waals surface area (Å²) in [5.74, 6) is -3.82. The van der Waals surface area contributed by atoms with Crippen molar-refractivity contribution in [2.45, 2.75) is 12.8 Å². The molecule has 0 bridgehead atoms. The van der Waals surface area contributed by atoms with Crippen LogP contribution in [0.15, 0.2) is 0 Å². The highest BCUT2D eigenvalue weighted by molar-refractivity contribution is 6.32. The molecule has 0 saturated carbocycles. The highest BCUT2D eigenvalue weighted by Gasteiger charge is 2.12. The van der Waals surface area contributed by atoms with Gasteiger partial charge < -0.3 is 10.2 Å². The van der Waals surface area contributed by atoms with Gasteiger partial charge in [-0.25, -0.2) is 4.79 Å². The first-order valence-corrected chi connectivity index (χ1v) is 2.52. The minimum atomic E-state index is -1.58. The van der Waals surface area contributed by atoms with Crippen molar-refractivity contribution in [2.75, 3.05) is 0 Å². The zero-order valence-corrected chi connectivity index (χ0v) is 5.03. The van der Waals surface area contributed by atoms with Gasteiger partial charge in [0.1, 0.15) is 0 Å². The fourth-order valence-corrected chi connectivity index (χ4v) is 0.327. The maximum atomic E-state index is 10.2. The molecule has 0 rings (SSSR count). The number of aliphatic carboxylic acids is 2. The average Bonchev–Trinajstić information content (AvgIpc) is 1.82. The average molecular weight is 148 g/mol. The summed E-state index contributed by atoms with van der Waals surface area (Å²) in [5.41, 5.74) is 0. The van der Waals surface area contributed by atoms with Gasteiger partial charge in [0.25, 0.3) is 0 Å². The van der Waals surface area contributed by atoms with E-state index in [4.69, 9.17) is 10.2 Å². The quantitative estimate of drug-likeness (QED) is 0.414. The third-order valence-electron chi connectivity index (χ3n) is 0.804. The normalized spacial score (nSPS) is 8.80. The Balaban J connectivity index is 3.60. The van der Waals surface area contributed by atoms with E-state index in [0.29, 0.717) is 0 Å². The minimum absolute atomic E-state index is 0.425. The summed E-state index contributed by atoms with van der Waals surface area (Å²) < 4.78 is 0. The first kappa shape index (κ1) is 8.61. The maximum absolute atomic E-state index is 10.2. The van der Waals surface area contributed by atoms with Crippen molar-refractivity contribution in [1.82, 2.24) is 0 Å². The van der Waals surface area contributed by atoms with E-state index < -0.39 is 30.6 Å². The lowest BCUT2D eigenvalue weighted by Crippen LogP contribution is -2.13. The lowest BCUT2D eigenvalue weighted by Gasteiger charge is -1.88. The van der Waals surface area contributed by atoms with Crippen LogP contribution in [0.3, 0.4) is 0 Å². The van der Waals surface area contributed by atoms with Crippen molar-refractivity contribution >= 4 is 17.7 Å². The summed E-state index contributed by atoms with van der Waals surface area (Å²) in [4.78, 5) is 29.7. The van der Waals surface area contributed by atoms with E-state index in [1.807, 2.05) is 0 Å². The van der Waals surface area contributed by atoms with Crippen LogP contribution in [-0.2, 0) is 14.4 Å². The van der Waals surface area contributed by atoms with E-state index in [9.17, 15) is 14.4 Å². The highest BCUT2D eigenvalue weighted by atomic mass is 16.5. The minimum Gasteiger partial charge on any atom is -0.481 e. The number of Topliss-reactive ketones (excluding diaryl/α,β-unsaturated/α-hetero) is 1. The molecule has 56 valence electrons. The summed E-state index contributed by atoms with van der Waals surface area (Å²) in [5, 5.41) is 16.0. The highest BCUT2D eigenvalue weighted by Crippen LogP contribution is 1.89. The predicted molar refractivity (Wildman–Crippen MR) is 29.5 cm³/mol. The van der Waals surface area contributed by atoms with E-state index in [-0.39, 0.29) is 0 Å². The zero-order chi connectivity index (χ0) is 8.15. The Morgan fingerprint density at radius 1 is 1.00 bits per heavy atom. The lowest BCUT2D eigenvalue weighted by molar-refractivity contribution is -0.149. The molecule has 5 nitrogen and oxygen atoms in total. The number of carboxylic acid groups (broad SMARTS) is 2. The number of carbonyl (C=O) groups is 3. The first-order chi connectivity index (χ1) is 4.54. The Hall–Kier alpha value is -1.39. The van der Waals surface area contributed by atoms with Crippen molar-refractivity contribution in [3.8, 4) is 0 Å². The van der Waals surface area contributed by atoms with Crippen LogP contribution in [0.2, 0.25) is 0 Å². The second kappa shape index (κ2) is 3.60. The second-order valence-corrected chi connectivity index (χ2v) is 1.62. The summed E-state index contributed by atoms with van der Waals surface area (Å²) >= 11 is 0. The molecule has 0 aliphatic heterocycles. The molecule has 0 saturated heterocycles. The van der Waals surface area contributed by atoms with E-state index in [1.54, 1.807) is 0 Å². The lowest BCUT2D eigenvalue weighted by atomic mass is 10.4. The topological polar surface area (TPSA) is 91.7 Å². The Bertz CT molecular complexity index is 171. The first-order valence-electron chi connectivity index (χ1n) is 2.52. The summed E-state index contributed by atoms with van der Waals surface area (Å²) in [6, 6.07) is 0. The predicted octanol–water partition coefficient (Wildman–Crippen LogP) is -0.495. The van der Waals surface area contributed by atoms with Crippen molar-refractivity contribution in [3.05, 3.63) is 0 Å². The van der Waals surface area contributed by atoms with Crippen LogP contribution in [0.25, 0.3) is 0 Å². The molecule has 0 heterocycles. The van der Waals surface area contributed by atoms with Gasteiger partial charge >= 0.3 is 11.9 Å². The van der Waals surface area contributed by atoms with Crippen LogP contribution in [0, 0.1) is 0 Å². The fraction of sp³-hybridized carbons (Fsp3) is 0.400. The van der Waals surface area contributed by atoms with Gasteiger partial charge in [0.2, 0.25) is 5.78 Å². The van der Waals surface area contributed by atoms with Gasteiger partial charge in [0.05, 0.1) is 6.42 Å². The molecule has 0 aromatic rings. The number of hydrogen-bond acceptors (Lipinski definition) is 3. The van der Waals surface area contributed by atoms with Gasteiger partial charge in [0.15, 0.2) is 0 Å². The Labute approximate surface area is 56.3 Å². The Kier molecular flexibility index (Phi) is 3.10. The summed E-state index contributed by atoms with van der Waals surface area (Å²) in [6.07, 6.45) is -0.865. The zero-order valence-electron chi connectivity index (χ0n) is 5.03. The van der Waals surface area contributed by atoms with Crippen LogP contribution in [0.4, 0.5) is 0 Å². The summed E-state index contributed by atoms with van der Waals surface area (Å²) in [6.45, 7) is 0. The van der Waals surface area contributed by atoms with Crippen LogP contribution in [-0.4, -0.2) is 27.9 Å². The van der Waals surface area contributed by atoms with Gasteiger partial charge in [-0.05, 0) is 0 Å². The van der Waals surface area contributed by atoms with Gasteiger partial charge in [-0.1, -0.05) is 0 Å². The van der Waals surface area contributed by atoms with Gasteiger partial charge in [0, 0.05) is 6.42 Å². The number of rotatable bonds is 4. The second-order valence-electron chi connectivity index (χ2n) is 1.62.